The van der Waals surface area contributed by atoms with Crippen molar-refractivity contribution in [3.05, 3.63) is 30.0 Å². The fourth-order valence-electron chi connectivity index (χ4n) is 2.85. The van der Waals surface area contributed by atoms with E-state index in [-0.39, 0.29) is 0 Å². The van der Waals surface area contributed by atoms with E-state index in [0.29, 0.717) is 17.4 Å². The van der Waals surface area contributed by atoms with Crippen LogP contribution in [0.1, 0.15) is 44.9 Å². The molecule has 0 amide bonds. The molecule has 0 spiro atoms. The van der Waals surface area contributed by atoms with Crippen molar-refractivity contribution in [2.45, 2.75) is 44.6 Å². The molecule has 0 bridgehead atoms. The zero-order valence-corrected chi connectivity index (χ0v) is 12.1. The summed E-state index contributed by atoms with van der Waals surface area (Å²) in [7, 11) is 0. The Morgan fingerprint density at radius 2 is 2.14 bits per heavy atom. The van der Waals surface area contributed by atoms with Crippen LogP contribution in [0.15, 0.2) is 22.9 Å². The molecule has 1 aliphatic rings. The molecule has 1 fully saturated rings. The maximum absolute atomic E-state index is 12.9. The highest BCUT2D eigenvalue weighted by molar-refractivity contribution is 5.47. The van der Waals surface area contributed by atoms with Gasteiger partial charge in [0, 0.05) is 0 Å². The summed E-state index contributed by atoms with van der Waals surface area (Å²) in [5.41, 5.74) is 6.38. The lowest BCUT2D eigenvalue weighted by molar-refractivity contribution is 0.181. The van der Waals surface area contributed by atoms with Crippen LogP contribution < -0.4 is 5.73 Å². The van der Waals surface area contributed by atoms with Crippen LogP contribution in [0.2, 0.25) is 0 Å². The van der Waals surface area contributed by atoms with Gasteiger partial charge in [0.15, 0.2) is 0 Å². The van der Waals surface area contributed by atoms with Crippen LogP contribution in [0.3, 0.4) is 0 Å². The summed E-state index contributed by atoms with van der Waals surface area (Å²) in [4.78, 5) is 8.32. The number of hydrogen-bond acceptors (Lipinski definition) is 5. The normalized spacial score (nSPS) is 26.0. The average molecular weight is 290 g/mol. The molecule has 112 valence electrons. The molecule has 0 unspecified atom stereocenters. The second kappa shape index (κ2) is 5.52. The molecule has 2 aromatic rings. The first-order valence-corrected chi connectivity index (χ1v) is 7.36. The third-order valence-corrected chi connectivity index (χ3v) is 4.38. The van der Waals surface area contributed by atoms with E-state index in [1.165, 1.54) is 18.6 Å². The van der Waals surface area contributed by atoms with Crippen molar-refractivity contribution in [1.29, 1.82) is 0 Å². The molecule has 2 heterocycles. The second-order valence-corrected chi connectivity index (χ2v) is 5.79. The molecule has 0 aromatic carbocycles. The molecule has 0 aliphatic heterocycles. The van der Waals surface area contributed by atoms with Crippen LogP contribution in [0.5, 0.6) is 0 Å². The van der Waals surface area contributed by atoms with Crippen LogP contribution in [0, 0.1) is 11.7 Å². The Hall–Kier alpha value is -1.82. The molecule has 0 atom stereocenters. The highest BCUT2D eigenvalue weighted by atomic mass is 19.1. The standard InChI is InChI=1S/C15H19FN4O/c1-2-10-5-7-15(17,8-6-10)14-19-13(20-21-14)12-4-3-11(16)9-18-12/h3-4,9-10H,2,5-8,17H2,1H3. The van der Waals surface area contributed by atoms with Crippen molar-refractivity contribution in [2.75, 3.05) is 0 Å². The van der Waals surface area contributed by atoms with E-state index >= 15 is 0 Å². The topological polar surface area (TPSA) is 77.8 Å². The second-order valence-electron chi connectivity index (χ2n) is 5.79. The Labute approximate surface area is 122 Å². The van der Waals surface area contributed by atoms with E-state index < -0.39 is 11.4 Å². The van der Waals surface area contributed by atoms with Crippen molar-refractivity contribution in [2.24, 2.45) is 11.7 Å². The minimum absolute atomic E-state index is 0.354. The number of pyridine rings is 1. The van der Waals surface area contributed by atoms with Gasteiger partial charge in [-0.25, -0.2) is 9.37 Å². The largest absolute Gasteiger partial charge is 0.337 e. The van der Waals surface area contributed by atoms with Crippen molar-refractivity contribution in [1.82, 2.24) is 15.1 Å². The molecule has 3 rings (SSSR count). The van der Waals surface area contributed by atoms with E-state index in [0.717, 1.165) is 37.8 Å². The summed E-state index contributed by atoms with van der Waals surface area (Å²) in [6, 6.07) is 2.85. The molecule has 21 heavy (non-hydrogen) atoms. The van der Waals surface area contributed by atoms with Crippen LogP contribution in [-0.4, -0.2) is 15.1 Å². The zero-order valence-electron chi connectivity index (χ0n) is 12.1. The molecular formula is C15H19FN4O. The lowest BCUT2D eigenvalue weighted by atomic mass is 9.76. The van der Waals surface area contributed by atoms with Gasteiger partial charge in [-0.1, -0.05) is 18.5 Å². The Bertz CT molecular complexity index is 602. The average Bonchev–Trinajstić information content (AvgIpc) is 2.99. The van der Waals surface area contributed by atoms with Gasteiger partial charge in [-0.05, 0) is 43.7 Å². The predicted molar refractivity (Wildman–Crippen MR) is 75.6 cm³/mol. The maximum atomic E-state index is 12.9. The van der Waals surface area contributed by atoms with Crippen LogP contribution >= 0.6 is 0 Å². The fraction of sp³-hybridized carbons (Fsp3) is 0.533. The first-order chi connectivity index (χ1) is 10.1. The molecule has 0 saturated heterocycles. The van der Waals surface area contributed by atoms with Gasteiger partial charge in [0.25, 0.3) is 0 Å². The van der Waals surface area contributed by atoms with Gasteiger partial charge in [-0.2, -0.15) is 4.98 Å². The number of aromatic nitrogens is 3. The van der Waals surface area contributed by atoms with Gasteiger partial charge >= 0.3 is 0 Å². The van der Waals surface area contributed by atoms with Crippen molar-refractivity contribution in [3.63, 3.8) is 0 Å². The SMILES string of the molecule is CCC1CCC(N)(c2nc(-c3ccc(F)cn3)no2)CC1. The summed E-state index contributed by atoms with van der Waals surface area (Å²) in [5, 5.41) is 3.92. The van der Waals surface area contributed by atoms with Gasteiger partial charge in [0.05, 0.1) is 11.7 Å². The number of nitrogens with two attached hydrogens (primary N) is 1. The van der Waals surface area contributed by atoms with Crippen molar-refractivity contribution >= 4 is 0 Å². The van der Waals surface area contributed by atoms with Crippen molar-refractivity contribution in [3.8, 4) is 11.5 Å². The third kappa shape index (κ3) is 2.81. The Morgan fingerprint density at radius 3 is 2.76 bits per heavy atom. The smallest absolute Gasteiger partial charge is 0.247 e. The predicted octanol–water partition coefficient (Wildman–Crippen LogP) is 3.02. The van der Waals surface area contributed by atoms with Crippen LogP contribution in [0.4, 0.5) is 4.39 Å². The highest BCUT2D eigenvalue weighted by Crippen LogP contribution is 2.38. The lowest BCUT2D eigenvalue weighted by Gasteiger charge is -2.33. The number of halogens is 1. The van der Waals surface area contributed by atoms with Gasteiger partial charge < -0.3 is 10.3 Å². The third-order valence-electron chi connectivity index (χ3n) is 4.38. The summed E-state index contributed by atoms with van der Waals surface area (Å²) in [6.07, 6.45) is 6.19. The van der Waals surface area contributed by atoms with E-state index in [1.54, 1.807) is 0 Å². The molecule has 6 heteroatoms. The summed E-state index contributed by atoms with van der Waals surface area (Å²) in [6.45, 7) is 2.21. The Morgan fingerprint density at radius 1 is 1.38 bits per heavy atom. The Kier molecular flexibility index (Phi) is 3.71. The summed E-state index contributed by atoms with van der Waals surface area (Å²) >= 11 is 0. The molecule has 0 radical (unpaired) electrons. The van der Waals surface area contributed by atoms with E-state index in [2.05, 4.69) is 22.0 Å². The first-order valence-electron chi connectivity index (χ1n) is 7.36. The molecular weight excluding hydrogens is 271 g/mol. The number of hydrogen-bond donors (Lipinski definition) is 1. The molecule has 5 nitrogen and oxygen atoms in total. The van der Waals surface area contributed by atoms with Gasteiger partial charge in [-0.15, -0.1) is 0 Å². The molecule has 1 aliphatic carbocycles. The Balaban J connectivity index is 1.80. The number of rotatable bonds is 3. The van der Waals surface area contributed by atoms with Gasteiger partial charge in [0.2, 0.25) is 11.7 Å². The summed E-state index contributed by atoms with van der Waals surface area (Å²) < 4.78 is 18.2. The molecule has 1 saturated carbocycles. The van der Waals surface area contributed by atoms with Crippen LogP contribution in [-0.2, 0) is 5.54 Å². The number of nitrogens with zero attached hydrogens (tertiary/aromatic N) is 3. The maximum Gasteiger partial charge on any atom is 0.247 e. The van der Waals surface area contributed by atoms with E-state index in [1.807, 2.05) is 0 Å². The summed E-state index contributed by atoms with van der Waals surface area (Å²) in [5.74, 6) is 1.16. The van der Waals surface area contributed by atoms with Crippen molar-refractivity contribution < 1.29 is 8.91 Å². The zero-order chi connectivity index (χ0) is 14.9. The van der Waals surface area contributed by atoms with E-state index in [9.17, 15) is 4.39 Å². The van der Waals surface area contributed by atoms with Gasteiger partial charge in [-0.3, -0.25) is 0 Å². The minimum Gasteiger partial charge on any atom is -0.337 e. The fourth-order valence-corrected chi connectivity index (χ4v) is 2.85. The minimum atomic E-state index is -0.545. The molecule has 2 aromatic heterocycles. The highest BCUT2D eigenvalue weighted by Gasteiger charge is 2.37. The van der Waals surface area contributed by atoms with Gasteiger partial charge in [0.1, 0.15) is 11.5 Å². The lowest BCUT2D eigenvalue weighted by Crippen LogP contribution is -2.40. The van der Waals surface area contributed by atoms with E-state index in [4.69, 9.17) is 10.3 Å². The monoisotopic (exact) mass is 290 g/mol. The first kappa shape index (κ1) is 14.1. The molecule has 2 N–H and O–H groups in total. The van der Waals surface area contributed by atoms with Crippen LogP contribution in [0.25, 0.3) is 11.5 Å². The quantitative estimate of drug-likeness (QED) is 0.940.